The molecule has 1 aliphatic carbocycles. The number of ether oxygens (including phenoxy) is 1. The maximum atomic E-state index is 13.8. The highest BCUT2D eigenvalue weighted by Crippen LogP contribution is 2.30. The first-order chi connectivity index (χ1) is 11.6. The molecule has 3 rings (SSSR count). The van der Waals surface area contributed by atoms with Gasteiger partial charge in [0.2, 0.25) is 0 Å². The first-order valence-electron chi connectivity index (χ1n) is 7.75. The number of aliphatic hydroxyl groups excluding tert-OH is 1. The average Bonchev–Trinajstić information content (AvgIpc) is 2.59. The van der Waals surface area contributed by atoms with E-state index in [1.165, 1.54) is 25.3 Å². The SMILES string of the molecule is COc1ccc(F)c(NC(=O)N[C@H]2c3ccccc3CC[C@H]2O)c1. The molecule has 0 saturated heterocycles. The van der Waals surface area contributed by atoms with Gasteiger partial charge in [0.05, 0.1) is 24.9 Å². The van der Waals surface area contributed by atoms with E-state index in [9.17, 15) is 14.3 Å². The van der Waals surface area contributed by atoms with Gasteiger partial charge < -0.3 is 20.5 Å². The summed E-state index contributed by atoms with van der Waals surface area (Å²) < 4.78 is 18.8. The highest BCUT2D eigenvalue weighted by Gasteiger charge is 2.29. The number of amides is 2. The molecule has 0 heterocycles. The minimum atomic E-state index is -0.680. The van der Waals surface area contributed by atoms with E-state index in [-0.39, 0.29) is 5.69 Å². The molecule has 3 N–H and O–H groups in total. The van der Waals surface area contributed by atoms with Crippen molar-refractivity contribution in [3.63, 3.8) is 0 Å². The third-order valence-corrected chi connectivity index (χ3v) is 4.19. The Kier molecular flexibility index (Phi) is 4.66. The zero-order chi connectivity index (χ0) is 17.1. The largest absolute Gasteiger partial charge is 0.497 e. The number of hydrogen-bond donors (Lipinski definition) is 3. The van der Waals surface area contributed by atoms with E-state index in [1.54, 1.807) is 0 Å². The number of aliphatic hydroxyl groups is 1. The third kappa shape index (κ3) is 3.33. The molecule has 2 aromatic rings. The Bertz CT molecular complexity index is 751. The van der Waals surface area contributed by atoms with E-state index in [2.05, 4.69) is 10.6 Å². The van der Waals surface area contributed by atoms with Crippen LogP contribution < -0.4 is 15.4 Å². The Labute approximate surface area is 139 Å². The average molecular weight is 330 g/mol. The third-order valence-electron chi connectivity index (χ3n) is 4.19. The summed E-state index contributed by atoms with van der Waals surface area (Å²) in [6, 6.07) is 10.7. The zero-order valence-electron chi connectivity index (χ0n) is 13.3. The van der Waals surface area contributed by atoms with Crippen molar-refractivity contribution < 1.29 is 19.0 Å². The number of anilines is 1. The lowest BCUT2D eigenvalue weighted by molar-refractivity contribution is 0.114. The molecule has 0 unspecified atom stereocenters. The van der Waals surface area contributed by atoms with Gasteiger partial charge in [-0.1, -0.05) is 24.3 Å². The number of halogens is 1. The molecule has 24 heavy (non-hydrogen) atoms. The summed E-state index contributed by atoms with van der Waals surface area (Å²) in [5, 5.41) is 15.4. The summed E-state index contributed by atoms with van der Waals surface area (Å²) in [5.41, 5.74) is 2.00. The van der Waals surface area contributed by atoms with E-state index in [1.807, 2.05) is 24.3 Å². The minimum absolute atomic E-state index is 0.0189. The highest BCUT2D eigenvalue weighted by atomic mass is 19.1. The summed E-state index contributed by atoms with van der Waals surface area (Å²) in [7, 11) is 1.46. The standard InChI is InChI=1S/C18H19FN2O3/c1-24-12-7-8-14(19)15(10-12)20-18(23)21-17-13-5-3-2-4-11(13)6-9-16(17)22/h2-5,7-8,10,16-17,22H,6,9H2,1H3,(H2,20,21,23)/t16-,17+/m1/s1. The lowest BCUT2D eigenvalue weighted by Crippen LogP contribution is -2.41. The smallest absolute Gasteiger partial charge is 0.319 e. The summed E-state index contributed by atoms with van der Waals surface area (Å²) in [6.07, 6.45) is 0.651. The molecule has 2 atom stereocenters. The molecule has 0 fully saturated rings. The number of nitrogens with one attached hydrogen (secondary N) is 2. The number of urea groups is 1. The normalized spacial score (nSPS) is 19.3. The van der Waals surface area contributed by atoms with Crippen molar-refractivity contribution in [3.8, 4) is 5.75 Å². The first-order valence-corrected chi connectivity index (χ1v) is 7.75. The van der Waals surface area contributed by atoms with Gasteiger partial charge in [0, 0.05) is 6.07 Å². The molecule has 2 aromatic carbocycles. The molecule has 0 saturated carbocycles. The van der Waals surface area contributed by atoms with Crippen LogP contribution >= 0.6 is 0 Å². The Balaban J connectivity index is 1.76. The predicted molar refractivity (Wildman–Crippen MR) is 88.6 cm³/mol. The second-order valence-electron chi connectivity index (χ2n) is 5.73. The van der Waals surface area contributed by atoms with Crippen LogP contribution in [0.3, 0.4) is 0 Å². The van der Waals surface area contributed by atoms with Crippen LogP contribution in [0.1, 0.15) is 23.6 Å². The van der Waals surface area contributed by atoms with Crippen molar-refractivity contribution in [3.05, 3.63) is 59.4 Å². The maximum Gasteiger partial charge on any atom is 0.319 e. The molecule has 0 aliphatic heterocycles. The molecule has 2 amide bonds. The lowest BCUT2D eigenvalue weighted by atomic mass is 9.86. The van der Waals surface area contributed by atoms with Crippen molar-refractivity contribution in [2.75, 3.05) is 12.4 Å². The molecule has 0 spiro atoms. The van der Waals surface area contributed by atoms with Gasteiger partial charge in [-0.3, -0.25) is 0 Å². The predicted octanol–water partition coefficient (Wildman–Crippen LogP) is 3.00. The van der Waals surface area contributed by atoms with Crippen LogP contribution in [0.25, 0.3) is 0 Å². The van der Waals surface area contributed by atoms with Crippen molar-refractivity contribution in [2.24, 2.45) is 0 Å². The van der Waals surface area contributed by atoms with Gasteiger partial charge >= 0.3 is 6.03 Å². The van der Waals surface area contributed by atoms with Gasteiger partial charge in [-0.15, -0.1) is 0 Å². The van der Waals surface area contributed by atoms with Crippen LogP contribution in [0.5, 0.6) is 5.75 Å². The Hall–Kier alpha value is -2.60. The highest BCUT2D eigenvalue weighted by molar-refractivity contribution is 5.90. The van der Waals surface area contributed by atoms with Crippen LogP contribution in [0.4, 0.5) is 14.9 Å². The van der Waals surface area contributed by atoms with Crippen molar-refractivity contribution >= 4 is 11.7 Å². The molecule has 126 valence electrons. The van der Waals surface area contributed by atoms with Crippen LogP contribution in [0.2, 0.25) is 0 Å². The summed E-state index contributed by atoms with van der Waals surface area (Å²) >= 11 is 0. The molecule has 1 aliphatic rings. The molecule has 5 nitrogen and oxygen atoms in total. The van der Waals surface area contributed by atoms with E-state index >= 15 is 0 Å². The van der Waals surface area contributed by atoms with E-state index < -0.39 is 24.0 Å². The number of benzene rings is 2. The van der Waals surface area contributed by atoms with Gasteiger partial charge in [-0.2, -0.15) is 0 Å². The van der Waals surface area contributed by atoms with Crippen LogP contribution in [-0.2, 0) is 6.42 Å². The number of rotatable bonds is 3. The van der Waals surface area contributed by atoms with E-state index in [0.717, 1.165) is 17.5 Å². The molecular weight excluding hydrogens is 311 g/mol. The number of carbonyl (C=O) groups excluding carboxylic acids is 1. The fraction of sp³-hybridized carbons (Fsp3) is 0.278. The fourth-order valence-corrected chi connectivity index (χ4v) is 2.94. The number of methoxy groups -OCH3 is 1. The summed E-state index contributed by atoms with van der Waals surface area (Å²) in [6.45, 7) is 0. The first kappa shape index (κ1) is 16.3. The fourth-order valence-electron chi connectivity index (χ4n) is 2.94. The van der Waals surface area contributed by atoms with E-state index in [4.69, 9.17) is 4.74 Å². The van der Waals surface area contributed by atoms with Crippen LogP contribution in [0.15, 0.2) is 42.5 Å². The van der Waals surface area contributed by atoms with Crippen molar-refractivity contribution in [1.29, 1.82) is 0 Å². The summed E-state index contributed by atoms with van der Waals surface area (Å²) in [5.74, 6) is -0.120. The lowest BCUT2D eigenvalue weighted by Gasteiger charge is -2.31. The monoisotopic (exact) mass is 330 g/mol. The van der Waals surface area contributed by atoms with Gasteiger partial charge in [0.15, 0.2) is 0 Å². The van der Waals surface area contributed by atoms with Gasteiger partial charge in [0.25, 0.3) is 0 Å². The van der Waals surface area contributed by atoms with Gasteiger partial charge in [-0.05, 0) is 36.1 Å². The van der Waals surface area contributed by atoms with E-state index in [0.29, 0.717) is 12.2 Å². The molecule has 6 heteroatoms. The Morgan fingerprint density at radius 2 is 2.08 bits per heavy atom. The Morgan fingerprint density at radius 3 is 2.88 bits per heavy atom. The van der Waals surface area contributed by atoms with Crippen molar-refractivity contribution in [2.45, 2.75) is 25.0 Å². The van der Waals surface area contributed by atoms with Gasteiger partial charge in [0.1, 0.15) is 11.6 Å². The maximum absolute atomic E-state index is 13.8. The molecule has 0 aromatic heterocycles. The number of aryl methyl sites for hydroxylation is 1. The number of carbonyl (C=O) groups is 1. The second kappa shape index (κ2) is 6.88. The Morgan fingerprint density at radius 1 is 1.29 bits per heavy atom. The number of hydrogen-bond acceptors (Lipinski definition) is 3. The molecule has 0 radical (unpaired) electrons. The molecule has 0 bridgehead atoms. The van der Waals surface area contributed by atoms with Crippen LogP contribution in [0, 0.1) is 5.82 Å². The minimum Gasteiger partial charge on any atom is -0.497 e. The second-order valence-corrected chi connectivity index (χ2v) is 5.73. The van der Waals surface area contributed by atoms with Crippen molar-refractivity contribution in [1.82, 2.24) is 5.32 Å². The number of fused-ring (bicyclic) bond motifs is 1. The topological polar surface area (TPSA) is 70.6 Å². The van der Waals surface area contributed by atoms with Crippen LogP contribution in [-0.4, -0.2) is 24.4 Å². The molecular formula is C18H19FN2O3. The summed E-state index contributed by atoms with van der Waals surface area (Å²) in [4.78, 5) is 12.2. The van der Waals surface area contributed by atoms with Gasteiger partial charge in [-0.25, -0.2) is 9.18 Å². The quantitative estimate of drug-likeness (QED) is 0.810. The zero-order valence-corrected chi connectivity index (χ0v) is 13.3.